The monoisotopic (exact) mass is 299 g/mol. The average Bonchev–Trinajstić information content (AvgIpc) is 3.03. The summed E-state index contributed by atoms with van der Waals surface area (Å²) in [5.41, 5.74) is 0.393. The number of nitrogens with one attached hydrogen (secondary N) is 1. The zero-order chi connectivity index (χ0) is 12.6. The van der Waals surface area contributed by atoms with E-state index in [2.05, 4.69) is 40.1 Å². The van der Waals surface area contributed by atoms with Gasteiger partial charge in [-0.15, -0.1) is 0 Å². The molecule has 1 fully saturated rings. The molecule has 0 aromatic carbocycles. The van der Waals surface area contributed by atoms with E-state index in [0.29, 0.717) is 16.1 Å². The molecule has 5 nitrogen and oxygen atoms in total. The molecule has 0 aliphatic heterocycles. The first-order chi connectivity index (χ1) is 7.92. The molecule has 1 aromatic rings. The Morgan fingerprint density at radius 1 is 1.53 bits per heavy atom. The first-order valence-corrected chi connectivity index (χ1v) is 6.27. The Labute approximate surface area is 108 Å². The average molecular weight is 300 g/mol. The summed E-state index contributed by atoms with van der Waals surface area (Å²) in [6.45, 7) is 4.14. The maximum absolute atomic E-state index is 11.0. The molecule has 17 heavy (non-hydrogen) atoms. The van der Waals surface area contributed by atoms with Crippen molar-refractivity contribution in [1.82, 2.24) is 4.98 Å². The van der Waals surface area contributed by atoms with E-state index >= 15 is 0 Å². The third-order valence-corrected chi connectivity index (χ3v) is 3.72. The second kappa shape index (κ2) is 4.25. The quantitative estimate of drug-likeness (QED) is 0.684. The summed E-state index contributed by atoms with van der Waals surface area (Å²) in [6, 6.07) is 0. The predicted octanol–water partition coefficient (Wildman–Crippen LogP) is 3.35. The molecule has 1 aliphatic rings. The van der Waals surface area contributed by atoms with Crippen molar-refractivity contribution in [2.24, 2.45) is 5.92 Å². The number of rotatable bonds is 4. The maximum Gasteiger partial charge on any atom is 0.311 e. The third-order valence-electron chi connectivity index (χ3n) is 3.12. The van der Waals surface area contributed by atoms with Gasteiger partial charge in [0.1, 0.15) is 11.9 Å². The Balaban J connectivity index is 2.33. The number of nitrogens with zero attached hydrogens (tertiary/aromatic N) is 2. The van der Waals surface area contributed by atoms with Gasteiger partial charge in [0.05, 0.1) is 9.40 Å². The van der Waals surface area contributed by atoms with Gasteiger partial charge in [-0.1, -0.05) is 0 Å². The first-order valence-electron chi connectivity index (χ1n) is 5.48. The van der Waals surface area contributed by atoms with E-state index in [4.69, 9.17) is 0 Å². The van der Waals surface area contributed by atoms with Crippen LogP contribution in [0.1, 0.15) is 26.7 Å². The smallest absolute Gasteiger partial charge is 0.311 e. The summed E-state index contributed by atoms with van der Waals surface area (Å²) in [7, 11) is 0. The zero-order valence-corrected chi connectivity index (χ0v) is 11.3. The van der Waals surface area contributed by atoms with Gasteiger partial charge < -0.3 is 5.32 Å². The van der Waals surface area contributed by atoms with Crippen LogP contribution in [0.5, 0.6) is 0 Å². The van der Waals surface area contributed by atoms with Crippen LogP contribution >= 0.6 is 15.9 Å². The summed E-state index contributed by atoms with van der Waals surface area (Å²) in [4.78, 5) is 14.4. The van der Waals surface area contributed by atoms with Gasteiger partial charge in [-0.2, -0.15) is 0 Å². The van der Waals surface area contributed by atoms with E-state index in [1.165, 1.54) is 19.0 Å². The lowest BCUT2D eigenvalue weighted by molar-refractivity contribution is -0.384. The van der Waals surface area contributed by atoms with Gasteiger partial charge in [0.25, 0.3) is 0 Å². The second-order valence-corrected chi connectivity index (χ2v) is 5.75. The molecule has 0 unspecified atom stereocenters. The van der Waals surface area contributed by atoms with Crippen LogP contribution < -0.4 is 5.32 Å². The largest absolute Gasteiger partial charge is 0.373 e. The van der Waals surface area contributed by atoms with Crippen LogP contribution in [-0.4, -0.2) is 15.4 Å². The first kappa shape index (κ1) is 12.3. The summed E-state index contributed by atoms with van der Waals surface area (Å²) < 4.78 is 0.625. The van der Waals surface area contributed by atoms with Crippen molar-refractivity contribution in [1.29, 1.82) is 0 Å². The molecule has 0 atom stereocenters. The fourth-order valence-electron chi connectivity index (χ4n) is 1.92. The highest BCUT2D eigenvalue weighted by atomic mass is 79.9. The Hall–Kier alpha value is -1.17. The van der Waals surface area contributed by atoms with Gasteiger partial charge in [-0.3, -0.25) is 15.1 Å². The molecular formula is C11H14BrN3O2. The van der Waals surface area contributed by atoms with Crippen LogP contribution in [0.25, 0.3) is 0 Å². The van der Waals surface area contributed by atoms with E-state index in [1.54, 1.807) is 6.20 Å². The molecule has 0 saturated heterocycles. The maximum atomic E-state index is 11.0. The third kappa shape index (κ3) is 2.57. The van der Waals surface area contributed by atoms with E-state index in [1.807, 2.05) is 0 Å². The van der Waals surface area contributed by atoms with Crippen LogP contribution in [0.3, 0.4) is 0 Å². The standard InChI is InChI=1S/C11H14BrN3O2/c1-11(2,7-3-4-7)14-10-8(12)5-13-6-9(10)15(16)17/h5-7H,3-4H2,1-2H3,(H,13,14). The highest BCUT2D eigenvalue weighted by Crippen LogP contribution is 2.43. The molecule has 1 saturated carbocycles. The van der Waals surface area contributed by atoms with Crippen LogP contribution in [0, 0.1) is 16.0 Å². The molecule has 92 valence electrons. The molecule has 0 amide bonds. The van der Waals surface area contributed by atoms with Crippen LogP contribution in [0.4, 0.5) is 11.4 Å². The Bertz CT molecular complexity index is 458. The number of aromatic nitrogens is 1. The SMILES string of the molecule is CC(C)(Nc1c(Br)cncc1[N+](=O)[O-])C1CC1. The summed E-state index contributed by atoms with van der Waals surface area (Å²) >= 11 is 3.31. The molecule has 1 heterocycles. The number of nitro groups is 1. The van der Waals surface area contributed by atoms with Gasteiger partial charge in [0.15, 0.2) is 0 Å². The predicted molar refractivity (Wildman–Crippen MR) is 69.0 cm³/mol. The minimum atomic E-state index is -0.414. The van der Waals surface area contributed by atoms with E-state index in [0.717, 1.165) is 0 Å². The van der Waals surface area contributed by atoms with Gasteiger partial charge in [-0.05, 0) is 48.5 Å². The zero-order valence-electron chi connectivity index (χ0n) is 9.74. The van der Waals surface area contributed by atoms with Crippen LogP contribution in [0.2, 0.25) is 0 Å². The van der Waals surface area contributed by atoms with E-state index in [9.17, 15) is 10.1 Å². The van der Waals surface area contributed by atoms with E-state index in [-0.39, 0.29) is 11.2 Å². The van der Waals surface area contributed by atoms with Crippen molar-refractivity contribution in [3.05, 3.63) is 27.0 Å². The number of hydrogen-bond acceptors (Lipinski definition) is 4. The molecule has 2 rings (SSSR count). The van der Waals surface area contributed by atoms with Crippen molar-refractivity contribution >= 4 is 27.3 Å². The van der Waals surface area contributed by atoms with E-state index < -0.39 is 4.92 Å². The van der Waals surface area contributed by atoms with Gasteiger partial charge >= 0.3 is 5.69 Å². The molecule has 1 aromatic heterocycles. The fourth-order valence-corrected chi connectivity index (χ4v) is 2.34. The number of hydrogen-bond donors (Lipinski definition) is 1. The van der Waals surface area contributed by atoms with Gasteiger partial charge in [0.2, 0.25) is 0 Å². The topological polar surface area (TPSA) is 68.1 Å². The lowest BCUT2D eigenvalue weighted by Gasteiger charge is -2.27. The molecule has 0 spiro atoms. The lowest BCUT2D eigenvalue weighted by Crippen LogP contribution is -2.33. The van der Waals surface area contributed by atoms with Crippen molar-refractivity contribution in [3.63, 3.8) is 0 Å². The van der Waals surface area contributed by atoms with Crippen LogP contribution in [-0.2, 0) is 0 Å². The van der Waals surface area contributed by atoms with Crippen molar-refractivity contribution in [2.45, 2.75) is 32.2 Å². The number of pyridine rings is 1. The minimum absolute atomic E-state index is 0.00750. The Morgan fingerprint density at radius 3 is 2.71 bits per heavy atom. The summed E-state index contributed by atoms with van der Waals surface area (Å²) in [5.74, 6) is 0.585. The fraction of sp³-hybridized carbons (Fsp3) is 0.545. The molecule has 0 radical (unpaired) electrons. The Morgan fingerprint density at radius 2 is 2.18 bits per heavy atom. The normalized spacial score (nSPS) is 15.7. The van der Waals surface area contributed by atoms with Crippen molar-refractivity contribution in [2.75, 3.05) is 5.32 Å². The van der Waals surface area contributed by atoms with Gasteiger partial charge in [-0.25, -0.2) is 0 Å². The highest BCUT2D eigenvalue weighted by molar-refractivity contribution is 9.10. The highest BCUT2D eigenvalue weighted by Gasteiger charge is 2.39. The second-order valence-electron chi connectivity index (χ2n) is 4.89. The molecular weight excluding hydrogens is 286 g/mol. The Kier molecular flexibility index (Phi) is 3.07. The lowest BCUT2D eigenvalue weighted by atomic mass is 9.98. The number of halogens is 1. The summed E-state index contributed by atoms with van der Waals surface area (Å²) in [5, 5.41) is 14.2. The molecule has 1 N–H and O–H groups in total. The molecule has 0 bridgehead atoms. The molecule has 6 heteroatoms. The minimum Gasteiger partial charge on any atom is -0.373 e. The molecule has 1 aliphatic carbocycles. The van der Waals surface area contributed by atoms with Crippen LogP contribution in [0.15, 0.2) is 16.9 Å². The van der Waals surface area contributed by atoms with Crippen molar-refractivity contribution in [3.8, 4) is 0 Å². The van der Waals surface area contributed by atoms with Crippen molar-refractivity contribution < 1.29 is 4.92 Å². The number of anilines is 1. The summed E-state index contributed by atoms with van der Waals surface area (Å²) in [6.07, 6.45) is 5.20. The van der Waals surface area contributed by atoms with Gasteiger partial charge in [0, 0.05) is 11.7 Å².